The molecule has 0 aromatic heterocycles. The molecule has 4 aliphatic carbocycles. The van der Waals surface area contributed by atoms with Crippen LogP contribution in [0.25, 0.3) is 0 Å². The maximum Gasteiger partial charge on any atom is 0.0944 e. The number of aliphatic hydroxyl groups excluding tert-OH is 1. The Labute approximate surface area is 215 Å². The molecule has 4 aliphatic rings. The van der Waals surface area contributed by atoms with Gasteiger partial charge in [-0.1, -0.05) is 53.9 Å². The van der Waals surface area contributed by atoms with Gasteiger partial charge in [-0.25, -0.2) is 0 Å². The van der Waals surface area contributed by atoms with Gasteiger partial charge in [-0.05, 0) is 117 Å². The monoisotopic (exact) mass is 479 g/mol. The van der Waals surface area contributed by atoms with Crippen molar-refractivity contribution in [3.05, 3.63) is 0 Å². The van der Waals surface area contributed by atoms with Crippen LogP contribution in [0, 0.1) is 52.3 Å². The molecule has 10 atom stereocenters. The molecule has 2 N–H and O–H groups in total. The third-order valence-corrected chi connectivity index (χ3v) is 11.9. The number of hydrogen-bond acceptors (Lipinski definition) is 3. The fourth-order valence-corrected chi connectivity index (χ4v) is 10.1. The van der Waals surface area contributed by atoms with Crippen LogP contribution in [-0.2, 0) is 4.74 Å². The summed E-state index contributed by atoms with van der Waals surface area (Å²) in [5, 5.41) is 21.2. The first-order chi connectivity index (χ1) is 17.1. The minimum absolute atomic E-state index is 0.0487. The van der Waals surface area contributed by atoms with Crippen LogP contribution < -0.4 is 0 Å². The van der Waals surface area contributed by atoms with Crippen molar-refractivity contribution in [3.63, 3.8) is 0 Å². The van der Waals surface area contributed by atoms with Crippen molar-refractivity contribution in [1.29, 1.82) is 0 Å². The number of fused-ring (bicyclic) bond motifs is 5. The highest BCUT2D eigenvalue weighted by molar-refractivity contribution is 5.15. The second-order valence-electron chi connectivity index (χ2n) is 14.2. The quantitative estimate of drug-likeness (QED) is 0.386. The van der Waals surface area contributed by atoms with Gasteiger partial charge in [-0.15, -0.1) is 0 Å². The van der Waals surface area contributed by atoms with Crippen molar-refractivity contribution in [2.75, 3.05) is 13.2 Å². The number of aliphatic hydroxyl groups is 2. The molecule has 0 spiro atoms. The van der Waals surface area contributed by atoms with Gasteiger partial charge in [0.15, 0.2) is 0 Å². The van der Waals surface area contributed by atoms with E-state index in [0.717, 1.165) is 30.1 Å². The zero-order valence-corrected chi connectivity index (χ0v) is 23.0. The lowest BCUT2D eigenvalue weighted by Crippen LogP contribution is -2.65. The van der Waals surface area contributed by atoms with E-state index < -0.39 is 18.1 Å². The summed E-state index contributed by atoms with van der Waals surface area (Å²) in [5.41, 5.74) is -2.71. The topological polar surface area (TPSA) is 49.7 Å². The van der Waals surface area contributed by atoms with Crippen molar-refractivity contribution in [2.24, 2.45) is 52.3 Å². The largest absolute Gasteiger partial charge is 0.394 e. The minimum Gasteiger partial charge on any atom is -0.394 e. The third kappa shape index (κ3) is 4.43. The highest BCUT2D eigenvalue weighted by Crippen LogP contribution is 2.70. The second-order valence-corrected chi connectivity index (χ2v) is 14.2. The van der Waals surface area contributed by atoms with Crippen LogP contribution >= 0.6 is 0 Å². The van der Waals surface area contributed by atoms with Gasteiger partial charge in [-0.3, -0.25) is 0 Å². The van der Waals surface area contributed by atoms with Gasteiger partial charge in [0.05, 0.1) is 24.4 Å². The second kappa shape index (κ2) is 9.64. The molecular formula is C31H56O3. The Kier molecular flexibility index (Phi) is 6.53. The molecule has 0 aromatic carbocycles. The van der Waals surface area contributed by atoms with Crippen LogP contribution in [0.1, 0.15) is 123 Å². The molecule has 0 aliphatic heterocycles. The molecular weight excluding hydrogens is 420 g/mol. The Hall–Kier alpha value is -0.120. The van der Waals surface area contributed by atoms with Crippen molar-refractivity contribution in [2.45, 2.75) is 130 Å². The molecule has 0 unspecified atom stereocenters. The smallest absolute Gasteiger partial charge is 0.0944 e. The molecule has 0 saturated heterocycles. The van der Waals surface area contributed by atoms with Crippen LogP contribution in [0.3, 0.4) is 0 Å². The SMILES string of the molecule is [2H]C([2H])([2H])[C@@]1(O)C[C@@H]2CC[C@@H]3[C@H](CC[C@]4(C)[C@@H]([C@H](C)CCCC(C)C)CC[C@@H]34)[C@@]2(C)C[C@@]1(C)OCCO. The van der Waals surface area contributed by atoms with E-state index in [1.165, 1.54) is 51.4 Å². The van der Waals surface area contributed by atoms with E-state index in [1.807, 2.05) is 0 Å². The van der Waals surface area contributed by atoms with Crippen molar-refractivity contribution in [3.8, 4) is 0 Å². The summed E-state index contributed by atoms with van der Waals surface area (Å²) >= 11 is 0. The fraction of sp³-hybridized carbons (Fsp3) is 1.00. The zero-order valence-electron chi connectivity index (χ0n) is 26.0. The van der Waals surface area contributed by atoms with Crippen LogP contribution in [0.5, 0.6) is 0 Å². The van der Waals surface area contributed by atoms with Gasteiger partial charge in [-0.2, -0.15) is 0 Å². The normalized spacial score (nSPS) is 51.1. The molecule has 0 heterocycles. The van der Waals surface area contributed by atoms with E-state index in [9.17, 15) is 10.2 Å². The molecule has 4 saturated carbocycles. The minimum atomic E-state index is -2.52. The number of rotatable bonds is 8. The molecule has 4 fully saturated rings. The predicted octanol–water partition coefficient (Wildman–Crippen LogP) is 7.24. The molecule has 34 heavy (non-hydrogen) atoms. The summed E-state index contributed by atoms with van der Waals surface area (Å²) in [6.45, 7) is 11.3. The molecule has 3 nitrogen and oxygen atoms in total. The summed E-state index contributed by atoms with van der Waals surface area (Å²) in [6, 6.07) is 0. The fourth-order valence-electron chi connectivity index (χ4n) is 10.1. The van der Waals surface area contributed by atoms with E-state index in [0.29, 0.717) is 23.7 Å². The summed E-state index contributed by atoms with van der Waals surface area (Å²) in [5.74, 6) is 4.59. The lowest BCUT2D eigenvalue weighted by Gasteiger charge is -2.65. The summed E-state index contributed by atoms with van der Waals surface area (Å²) in [6.07, 6.45) is 12.2. The first-order valence-corrected chi connectivity index (χ1v) is 14.6. The van der Waals surface area contributed by atoms with E-state index in [-0.39, 0.29) is 31.0 Å². The Morgan fingerprint density at radius 1 is 0.971 bits per heavy atom. The maximum atomic E-state index is 11.7. The molecule has 3 heteroatoms. The van der Waals surface area contributed by atoms with Gasteiger partial charge in [0.2, 0.25) is 0 Å². The first kappa shape index (κ1) is 23.0. The predicted molar refractivity (Wildman–Crippen MR) is 141 cm³/mol. The van der Waals surface area contributed by atoms with Crippen LogP contribution in [0.2, 0.25) is 0 Å². The van der Waals surface area contributed by atoms with Crippen LogP contribution in [0.4, 0.5) is 0 Å². The summed E-state index contributed by atoms with van der Waals surface area (Å²) in [4.78, 5) is 0. The van der Waals surface area contributed by atoms with Crippen molar-refractivity contribution >= 4 is 0 Å². The lowest BCUT2D eigenvalue weighted by atomic mass is 9.42. The number of hydrogen-bond donors (Lipinski definition) is 2. The molecule has 0 aromatic rings. The molecule has 0 radical (unpaired) electrons. The van der Waals surface area contributed by atoms with E-state index in [4.69, 9.17) is 8.85 Å². The van der Waals surface area contributed by atoms with E-state index in [2.05, 4.69) is 34.6 Å². The number of ether oxygens (including phenoxy) is 1. The van der Waals surface area contributed by atoms with Crippen LogP contribution in [0.15, 0.2) is 0 Å². The Balaban J connectivity index is 1.56. The summed E-state index contributed by atoms with van der Waals surface area (Å²) < 4.78 is 30.9. The van der Waals surface area contributed by atoms with Gasteiger partial charge in [0.25, 0.3) is 0 Å². The average Bonchev–Trinajstić information content (AvgIpc) is 3.15. The molecule has 4 rings (SSSR count). The molecule has 0 bridgehead atoms. The lowest BCUT2D eigenvalue weighted by molar-refractivity contribution is -0.251. The first-order valence-electron chi connectivity index (χ1n) is 16.1. The highest BCUT2D eigenvalue weighted by atomic mass is 16.5. The van der Waals surface area contributed by atoms with Crippen LogP contribution in [-0.4, -0.2) is 34.6 Å². The summed E-state index contributed by atoms with van der Waals surface area (Å²) in [7, 11) is 0. The zero-order chi connectivity index (χ0) is 27.4. The van der Waals surface area contributed by atoms with Crippen molar-refractivity contribution < 1.29 is 19.1 Å². The average molecular weight is 480 g/mol. The Morgan fingerprint density at radius 3 is 2.38 bits per heavy atom. The van der Waals surface area contributed by atoms with E-state index >= 15 is 0 Å². The molecule has 198 valence electrons. The van der Waals surface area contributed by atoms with Crippen molar-refractivity contribution in [1.82, 2.24) is 0 Å². The van der Waals surface area contributed by atoms with Gasteiger partial charge < -0.3 is 14.9 Å². The van der Waals surface area contributed by atoms with E-state index in [1.54, 1.807) is 6.92 Å². The highest BCUT2D eigenvalue weighted by Gasteiger charge is 2.65. The van der Waals surface area contributed by atoms with Gasteiger partial charge >= 0.3 is 0 Å². The standard InChI is InChI=1S/C31H56O3/c1-21(2)9-8-10-22(3)25-13-14-26-24-12-11-23-19-30(6,33)31(7,34-18-17-32)20-29(23,5)27(24)15-16-28(25,26)4/h21-27,32-33H,8-20H2,1-7H3/t22-,23+,24+,25-,26+,27+,28-,29+,30-,31-/m1/s1/i6D3. The Morgan fingerprint density at radius 2 is 1.71 bits per heavy atom. The maximum absolute atomic E-state index is 11.7. The Bertz CT molecular complexity index is 801. The van der Waals surface area contributed by atoms with Gasteiger partial charge in [0, 0.05) is 4.11 Å². The van der Waals surface area contributed by atoms with Gasteiger partial charge in [0.1, 0.15) is 0 Å². The third-order valence-electron chi connectivity index (χ3n) is 11.9. The molecule has 0 amide bonds.